The van der Waals surface area contributed by atoms with Crippen LogP contribution < -0.4 is 5.32 Å². The zero-order valence-electron chi connectivity index (χ0n) is 12.4. The van der Waals surface area contributed by atoms with Gasteiger partial charge in [-0.1, -0.05) is 37.0 Å². The van der Waals surface area contributed by atoms with E-state index in [9.17, 15) is 4.79 Å². The van der Waals surface area contributed by atoms with Crippen molar-refractivity contribution in [2.45, 2.75) is 38.6 Å². The number of amides is 1. The summed E-state index contributed by atoms with van der Waals surface area (Å²) < 4.78 is 1.76. The monoisotopic (exact) mass is 337 g/mol. The normalized spacial score (nSPS) is 14.4. The van der Waals surface area contributed by atoms with Gasteiger partial charge >= 0.3 is 0 Å². The lowest BCUT2D eigenvalue weighted by Gasteiger charge is -2.13. The number of carbonyl (C=O) groups excluding carboxylic acids is 1. The first-order valence-corrected chi connectivity index (χ1v) is 8.07. The molecule has 6 heteroatoms. The second kappa shape index (κ2) is 5.94. The van der Waals surface area contributed by atoms with Crippen molar-refractivity contribution in [2.24, 2.45) is 0 Å². The van der Waals surface area contributed by atoms with E-state index in [-0.39, 0.29) is 11.8 Å². The second-order valence-corrected chi connectivity index (χ2v) is 6.67. The zero-order chi connectivity index (χ0) is 15.9. The maximum Gasteiger partial charge on any atom is 0.255 e. The first-order valence-electron chi connectivity index (χ1n) is 7.31. The van der Waals surface area contributed by atoms with Crippen molar-refractivity contribution >= 4 is 29.1 Å². The zero-order valence-corrected chi connectivity index (χ0v) is 13.9. The quantitative estimate of drug-likeness (QED) is 0.908. The number of rotatable bonds is 4. The number of aromatic nitrogens is 2. The summed E-state index contributed by atoms with van der Waals surface area (Å²) in [5, 5.41) is 8.35. The molecule has 0 atom stereocenters. The van der Waals surface area contributed by atoms with Crippen LogP contribution in [-0.2, 0) is 0 Å². The summed E-state index contributed by atoms with van der Waals surface area (Å²) >= 11 is 12.1. The minimum Gasteiger partial charge on any atom is -0.349 e. The van der Waals surface area contributed by atoms with Gasteiger partial charge in [0.1, 0.15) is 0 Å². The Labute approximate surface area is 139 Å². The average Bonchev–Trinajstić information content (AvgIpc) is 3.16. The van der Waals surface area contributed by atoms with Gasteiger partial charge in [-0.3, -0.25) is 4.79 Å². The molecule has 1 heterocycles. The lowest BCUT2D eigenvalue weighted by Crippen LogP contribution is -2.26. The Morgan fingerprint density at radius 2 is 2.05 bits per heavy atom. The van der Waals surface area contributed by atoms with Gasteiger partial charge < -0.3 is 5.32 Å². The standard InChI is InChI=1S/C16H17Cl2N3O/c1-9(2)15-12(16(22)20-10-3-4-10)8-19-21(15)11-5-6-13(17)14(18)7-11/h5-10H,3-4H2,1-2H3,(H,20,22). The molecule has 2 aromatic rings. The third-order valence-electron chi connectivity index (χ3n) is 3.66. The molecule has 0 spiro atoms. The summed E-state index contributed by atoms with van der Waals surface area (Å²) in [5.74, 6) is 0.0921. The summed E-state index contributed by atoms with van der Waals surface area (Å²) in [5.41, 5.74) is 2.29. The van der Waals surface area contributed by atoms with Crippen molar-refractivity contribution in [1.82, 2.24) is 15.1 Å². The predicted molar refractivity (Wildman–Crippen MR) is 88.2 cm³/mol. The van der Waals surface area contributed by atoms with Gasteiger partial charge in [0.05, 0.1) is 33.2 Å². The SMILES string of the molecule is CC(C)c1c(C(=O)NC2CC2)cnn1-c1ccc(Cl)c(Cl)c1. The van der Waals surface area contributed by atoms with Crippen LogP contribution in [-0.4, -0.2) is 21.7 Å². The van der Waals surface area contributed by atoms with Crippen LogP contribution in [0, 0.1) is 0 Å². The molecule has 0 saturated heterocycles. The number of hydrogen-bond acceptors (Lipinski definition) is 2. The van der Waals surface area contributed by atoms with Gasteiger partial charge in [-0.05, 0) is 37.0 Å². The molecule has 0 radical (unpaired) electrons. The lowest BCUT2D eigenvalue weighted by atomic mass is 10.0. The van der Waals surface area contributed by atoms with Crippen LogP contribution in [0.3, 0.4) is 0 Å². The minimum atomic E-state index is -0.0579. The van der Waals surface area contributed by atoms with Crippen molar-refractivity contribution in [3.63, 3.8) is 0 Å². The number of benzene rings is 1. The highest BCUT2D eigenvalue weighted by Crippen LogP contribution is 2.28. The summed E-state index contributed by atoms with van der Waals surface area (Å²) in [4.78, 5) is 12.4. The average molecular weight is 338 g/mol. The first-order chi connectivity index (χ1) is 10.5. The van der Waals surface area contributed by atoms with Crippen LogP contribution in [0.5, 0.6) is 0 Å². The van der Waals surface area contributed by atoms with Gasteiger partial charge in [0, 0.05) is 6.04 Å². The molecule has 1 fully saturated rings. The minimum absolute atomic E-state index is 0.0579. The Kier molecular flexibility index (Phi) is 4.15. The van der Waals surface area contributed by atoms with E-state index in [2.05, 4.69) is 10.4 Å². The topological polar surface area (TPSA) is 46.9 Å². The molecule has 22 heavy (non-hydrogen) atoms. The number of hydrogen-bond donors (Lipinski definition) is 1. The Bertz CT molecular complexity index is 720. The predicted octanol–water partition coefficient (Wildman–Crippen LogP) is 4.19. The van der Waals surface area contributed by atoms with E-state index in [0.29, 0.717) is 21.7 Å². The van der Waals surface area contributed by atoms with Gasteiger partial charge in [0.2, 0.25) is 0 Å². The van der Waals surface area contributed by atoms with Crippen molar-refractivity contribution < 1.29 is 4.79 Å². The molecule has 1 amide bonds. The second-order valence-electron chi connectivity index (χ2n) is 5.86. The molecule has 3 rings (SSSR count). The highest BCUT2D eigenvalue weighted by Gasteiger charge is 2.27. The molecular weight excluding hydrogens is 321 g/mol. The molecule has 1 aliphatic rings. The van der Waals surface area contributed by atoms with Crippen LogP contribution in [0.1, 0.15) is 48.7 Å². The molecule has 0 unspecified atom stereocenters. The first kappa shape index (κ1) is 15.4. The molecule has 0 aliphatic heterocycles. The molecule has 1 aromatic carbocycles. The van der Waals surface area contributed by atoms with Crippen molar-refractivity contribution in [3.8, 4) is 5.69 Å². The van der Waals surface area contributed by atoms with E-state index in [0.717, 1.165) is 24.2 Å². The molecule has 4 nitrogen and oxygen atoms in total. The van der Waals surface area contributed by atoms with Crippen molar-refractivity contribution in [1.29, 1.82) is 0 Å². The molecule has 0 bridgehead atoms. The van der Waals surface area contributed by atoms with Crippen molar-refractivity contribution in [3.05, 3.63) is 45.7 Å². The van der Waals surface area contributed by atoms with E-state index in [1.165, 1.54) is 0 Å². The number of halogens is 2. The largest absolute Gasteiger partial charge is 0.349 e. The highest BCUT2D eigenvalue weighted by atomic mass is 35.5. The van der Waals surface area contributed by atoms with E-state index in [1.54, 1.807) is 23.0 Å². The lowest BCUT2D eigenvalue weighted by molar-refractivity contribution is 0.0949. The molecule has 1 aromatic heterocycles. The Morgan fingerprint density at radius 1 is 1.32 bits per heavy atom. The van der Waals surface area contributed by atoms with Gasteiger partial charge in [-0.15, -0.1) is 0 Å². The van der Waals surface area contributed by atoms with Gasteiger partial charge in [0.15, 0.2) is 0 Å². The third-order valence-corrected chi connectivity index (χ3v) is 4.40. The fourth-order valence-corrected chi connectivity index (χ4v) is 2.69. The fourth-order valence-electron chi connectivity index (χ4n) is 2.40. The summed E-state index contributed by atoms with van der Waals surface area (Å²) in [6.45, 7) is 4.08. The molecule has 116 valence electrons. The number of nitrogens with zero attached hydrogens (tertiary/aromatic N) is 2. The molecule has 1 saturated carbocycles. The van der Waals surface area contributed by atoms with Gasteiger partial charge in [-0.2, -0.15) is 5.10 Å². The Hall–Kier alpha value is -1.52. The van der Waals surface area contributed by atoms with Crippen LogP contribution in [0.4, 0.5) is 0 Å². The van der Waals surface area contributed by atoms with E-state index in [4.69, 9.17) is 23.2 Å². The maximum absolute atomic E-state index is 12.4. The Balaban J connectivity index is 2.02. The highest BCUT2D eigenvalue weighted by molar-refractivity contribution is 6.42. The Morgan fingerprint density at radius 3 is 2.64 bits per heavy atom. The summed E-state index contributed by atoms with van der Waals surface area (Å²) in [6, 6.07) is 5.65. The third kappa shape index (κ3) is 2.99. The summed E-state index contributed by atoms with van der Waals surface area (Å²) in [7, 11) is 0. The van der Waals surface area contributed by atoms with E-state index < -0.39 is 0 Å². The van der Waals surface area contributed by atoms with E-state index >= 15 is 0 Å². The smallest absolute Gasteiger partial charge is 0.255 e. The van der Waals surface area contributed by atoms with Crippen LogP contribution in [0.2, 0.25) is 10.0 Å². The van der Waals surface area contributed by atoms with Crippen molar-refractivity contribution in [2.75, 3.05) is 0 Å². The van der Waals surface area contributed by atoms with Gasteiger partial charge in [-0.25, -0.2) is 4.68 Å². The molecule has 1 aliphatic carbocycles. The maximum atomic E-state index is 12.4. The molecular formula is C16H17Cl2N3O. The van der Waals surface area contributed by atoms with Crippen LogP contribution in [0.25, 0.3) is 5.69 Å². The molecule has 1 N–H and O–H groups in total. The fraction of sp³-hybridized carbons (Fsp3) is 0.375. The number of nitrogens with one attached hydrogen (secondary N) is 1. The number of carbonyl (C=O) groups is 1. The summed E-state index contributed by atoms with van der Waals surface area (Å²) in [6.07, 6.45) is 3.74. The van der Waals surface area contributed by atoms with Gasteiger partial charge in [0.25, 0.3) is 5.91 Å². The van der Waals surface area contributed by atoms with E-state index in [1.807, 2.05) is 19.9 Å². The van der Waals surface area contributed by atoms with Crippen LogP contribution >= 0.6 is 23.2 Å². The van der Waals surface area contributed by atoms with Crippen LogP contribution in [0.15, 0.2) is 24.4 Å².